The predicted molar refractivity (Wildman–Crippen MR) is 79.1 cm³/mol. The van der Waals surface area contributed by atoms with E-state index in [4.69, 9.17) is 23.2 Å². The third-order valence-electron chi connectivity index (χ3n) is 3.25. The Morgan fingerprint density at radius 2 is 2.20 bits per heavy atom. The number of hydrogen-bond acceptors (Lipinski definition) is 3. The van der Waals surface area contributed by atoms with Crippen LogP contribution in [0.3, 0.4) is 0 Å². The van der Waals surface area contributed by atoms with Crippen molar-refractivity contribution in [2.24, 2.45) is 0 Å². The zero-order chi connectivity index (χ0) is 14.7. The second-order valence-electron chi connectivity index (χ2n) is 4.78. The second kappa shape index (κ2) is 6.46. The summed E-state index contributed by atoms with van der Waals surface area (Å²) in [6.07, 6.45) is 4.22. The topological polar surface area (TPSA) is 53.4 Å². The maximum absolute atomic E-state index is 11.4. The molecule has 0 unspecified atom stereocenters. The van der Waals surface area contributed by atoms with Crippen molar-refractivity contribution in [3.63, 3.8) is 0 Å². The van der Waals surface area contributed by atoms with E-state index in [9.17, 15) is 9.90 Å². The van der Waals surface area contributed by atoms with Gasteiger partial charge in [-0.3, -0.25) is 0 Å². The zero-order valence-electron chi connectivity index (χ0n) is 11.1. The van der Waals surface area contributed by atoms with Crippen molar-refractivity contribution in [2.75, 3.05) is 6.54 Å². The number of carboxylic acids is 1. The van der Waals surface area contributed by atoms with E-state index in [0.29, 0.717) is 22.3 Å². The molecule has 0 amide bonds. The molecule has 6 heteroatoms. The van der Waals surface area contributed by atoms with E-state index in [2.05, 4.69) is 9.88 Å². The molecule has 108 valence electrons. The van der Waals surface area contributed by atoms with Gasteiger partial charge in [0.05, 0.1) is 5.57 Å². The minimum atomic E-state index is -0.935. The van der Waals surface area contributed by atoms with Gasteiger partial charge in [0.15, 0.2) is 0 Å². The van der Waals surface area contributed by atoms with Crippen LogP contribution < -0.4 is 0 Å². The third kappa shape index (κ3) is 3.87. The largest absolute Gasteiger partial charge is 0.478 e. The van der Waals surface area contributed by atoms with Crippen molar-refractivity contribution in [1.82, 2.24) is 9.88 Å². The molecule has 0 aromatic carbocycles. The first-order chi connectivity index (χ1) is 9.51. The van der Waals surface area contributed by atoms with E-state index >= 15 is 0 Å². The molecule has 0 atom stereocenters. The van der Waals surface area contributed by atoms with Crippen LogP contribution >= 0.6 is 23.2 Å². The van der Waals surface area contributed by atoms with Crippen molar-refractivity contribution in [2.45, 2.75) is 32.2 Å². The van der Waals surface area contributed by atoms with Crippen molar-refractivity contribution < 1.29 is 9.90 Å². The Bertz CT molecular complexity index is 542. The van der Waals surface area contributed by atoms with Gasteiger partial charge in [-0.05, 0) is 31.4 Å². The number of aromatic nitrogens is 1. The van der Waals surface area contributed by atoms with Crippen LogP contribution in [-0.2, 0) is 11.2 Å². The minimum Gasteiger partial charge on any atom is -0.478 e. The number of rotatable bonds is 6. The fraction of sp³-hybridized carbons (Fsp3) is 0.429. The van der Waals surface area contributed by atoms with E-state index in [-0.39, 0.29) is 11.6 Å². The van der Waals surface area contributed by atoms with Gasteiger partial charge in [-0.15, -0.1) is 0 Å². The molecule has 0 bridgehead atoms. The number of aliphatic carboxylic acids is 1. The van der Waals surface area contributed by atoms with Crippen molar-refractivity contribution >= 4 is 29.2 Å². The first-order valence-corrected chi connectivity index (χ1v) is 7.27. The summed E-state index contributed by atoms with van der Waals surface area (Å²) in [5.74, 6) is -0.935. The maximum Gasteiger partial charge on any atom is 0.333 e. The molecule has 0 saturated heterocycles. The summed E-state index contributed by atoms with van der Waals surface area (Å²) < 4.78 is 0. The maximum atomic E-state index is 11.4. The third-order valence-corrected chi connectivity index (χ3v) is 3.79. The molecule has 4 nitrogen and oxygen atoms in total. The van der Waals surface area contributed by atoms with Crippen LogP contribution in [0.25, 0.3) is 0 Å². The van der Waals surface area contributed by atoms with Gasteiger partial charge >= 0.3 is 5.97 Å². The Morgan fingerprint density at radius 3 is 2.70 bits per heavy atom. The molecule has 1 aromatic rings. The molecule has 1 aliphatic carbocycles. The highest BCUT2D eigenvalue weighted by molar-refractivity contribution is 6.32. The summed E-state index contributed by atoms with van der Waals surface area (Å²) in [5, 5.41) is 9.89. The van der Waals surface area contributed by atoms with Gasteiger partial charge in [0.1, 0.15) is 10.3 Å². The standard InChI is InChI=1S/C14H16Cl2N2O2/c1-2-18(11-4-5-11)8-10(14(19)20)7-9-3-6-12(15)17-13(9)16/h3,6,8,11H,2,4-5,7H2,1H3,(H,19,20). The molecular weight excluding hydrogens is 299 g/mol. The number of nitrogens with zero attached hydrogens (tertiary/aromatic N) is 2. The molecule has 20 heavy (non-hydrogen) atoms. The fourth-order valence-corrected chi connectivity index (χ4v) is 2.43. The Morgan fingerprint density at radius 1 is 1.50 bits per heavy atom. The Hall–Kier alpha value is -1.26. The summed E-state index contributed by atoms with van der Waals surface area (Å²) in [7, 11) is 0. The number of halogens is 2. The molecule has 1 saturated carbocycles. The first kappa shape index (κ1) is 15.1. The van der Waals surface area contributed by atoms with Crippen molar-refractivity contribution in [1.29, 1.82) is 0 Å². The summed E-state index contributed by atoms with van der Waals surface area (Å²) in [5.41, 5.74) is 0.973. The van der Waals surface area contributed by atoms with E-state index in [1.807, 2.05) is 6.92 Å². The average Bonchev–Trinajstić information content (AvgIpc) is 3.21. The van der Waals surface area contributed by atoms with Crippen LogP contribution in [0.15, 0.2) is 23.9 Å². The van der Waals surface area contributed by atoms with Gasteiger partial charge in [0, 0.05) is 25.2 Å². The quantitative estimate of drug-likeness (QED) is 0.646. The van der Waals surface area contributed by atoms with Gasteiger partial charge in [-0.1, -0.05) is 29.3 Å². The van der Waals surface area contributed by atoms with E-state index in [1.54, 1.807) is 18.3 Å². The van der Waals surface area contributed by atoms with E-state index in [0.717, 1.165) is 19.4 Å². The van der Waals surface area contributed by atoms with Crippen LogP contribution in [0.2, 0.25) is 10.3 Å². The molecular formula is C14H16Cl2N2O2. The molecule has 0 aliphatic heterocycles. The van der Waals surface area contributed by atoms with Gasteiger partial charge in [-0.25, -0.2) is 9.78 Å². The van der Waals surface area contributed by atoms with E-state index < -0.39 is 5.97 Å². The van der Waals surface area contributed by atoms with Gasteiger partial charge < -0.3 is 10.0 Å². The lowest BCUT2D eigenvalue weighted by Gasteiger charge is -2.18. The predicted octanol–water partition coefficient (Wildman–Crippen LogP) is 3.38. The molecule has 2 rings (SSSR count). The van der Waals surface area contributed by atoms with Crippen molar-refractivity contribution in [3.8, 4) is 0 Å². The summed E-state index contributed by atoms with van der Waals surface area (Å²) in [4.78, 5) is 17.4. The number of hydrogen-bond donors (Lipinski definition) is 1. The molecule has 1 aliphatic rings. The highest BCUT2D eigenvalue weighted by Gasteiger charge is 2.27. The number of pyridine rings is 1. The highest BCUT2D eigenvalue weighted by atomic mass is 35.5. The van der Waals surface area contributed by atoms with Crippen LogP contribution in [-0.4, -0.2) is 33.5 Å². The Balaban J connectivity index is 2.20. The molecule has 0 spiro atoms. The zero-order valence-corrected chi connectivity index (χ0v) is 12.7. The second-order valence-corrected chi connectivity index (χ2v) is 5.53. The number of carboxylic acid groups (broad SMARTS) is 1. The monoisotopic (exact) mass is 314 g/mol. The molecule has 1 fully saturated rings. The normalized spacial score (nSPS) is 15.2. The van der Waals surface area contributed by atoms with E-state index in [1.165, 1.54) is 0 Å². The van der Waals surface area contributed by atoms with Gasteiger partial charge in [0.25, 0.3) is 0 Å². The highest BCUT2D eigenvalue weighted by Crippen LogP contribution is 2.28. The smallest absolute Gasteiger partial charge is 0.333 e. The van der Waals surface area contributed by atoms with Crippen molar-refractivity contribution in [3.05, 3.63) is 39.8 Å². The molecule has 1 heterocycles. The van der Waals surface area contributed by atoms with Crippen LogP contribution in [0.4, 0.5) is 0 Å². The van der Waals surface area contributed by atoms with Gasteiger partial charge in [0.2, 0.25) is 0 Å². The summed E-state index contributed by atoms with van der Waals surface area (Å²) in [6, 6.07) is 3.80. The number of carbonyl (C=O) groups is 1. The minimum absolute atomic E-state index is 0.238. The Labute approximate surface area is 128 Å². The average molecular weight is 315 g/mol. The van der Waals surface area contributed by atoms with Crippen LogP contribution in [0.5, 0.6) is 0 Å². The SMILES string of the molecule is CCN(C=C(Cc1ccc(Cl)nc1Cl)C(=O)O)C1CC1. The fourth-order valence-electron chi connectivity index (χ4n) is 2.02. The lowest BCUT2D eigenvalue weighted by Crippen LogP contribution is -2.21. The summed E-state index contributed by atoms with van der Waals surface area (Å²) in [6.45, 7) is 2.82. The lowest BCUT2D eigenvalue weighted by molar-refractivity contribution is -0.132. The van der Waals surface area contributed by atoms with Crippen LogP contribution in [0, 0.1) is 0 Å². The lowest BCUT2D eigenvalue weighted by atomic mass is 10.1. The Kier molecular flexibility index (Phi) is 4.89. The van der Waals surface area contributed by atoms with Gasteiger partial charge in [-0.2, -0.15) is 0 Å². The van der Waals surface area contributed by atoms with Crippen LogP contribution in [0.1, 0.15) is 25.3 Å². The first-order valence-electron chi connectivity index (χ1n) is 6.52. The summed E-state index contributed by atoms with van der Waals surface area (Å²) >= 11 is 11.7. The molecule has 1 N–H and O–H groups in total. The molecule has 0 radical (unpaired) electrons. The molecule has 1 aromatic heterocycles.